The van der Waals surface area contributed by atoms with Gasteiger partial charge in [0.05, 0.1) is 11.4 Å². The molecule has 8 heteroatoms. The molecule has 2 heterocycles. The third kappa shape index (κ3) is 4.54. The van der Waals surface area contributed by atoms with Crippen molar-refractivity contribution in [3.05, 3.63) is 11.4 Å². The van der Waals surface area contributed by atoms with E-state index in [1.165, 1.54) is 4.68 Å². The maximum absolute atomic E-state index is 13.0. The normalized spacial score (nSPS) is 24.7. The number of sulfonamides is 1. The molecule has 7 nitrogen and oxygen atoms in total. The van der Waals surface area contributed by atoms with Crippen LogP contribution in [0.15, 0.2) is 4.90 Å². The van der Waals surface area contributed by atoms with Crippen LogP contribution in [0.5, 0.6) is 0 Å². The van der Waals surface area contributed by atoms with Crippen molar-refractivity contribution in [1.29, 1.82) is 0 Å². The van der Waals surface area contributed by atoms with Gasteiger partial charge in [-0.3, -0.25) is 9.48 Å². The predicted molar refractivity (Wildman–Crippen MR) is 104 cm³/mol. The van der Waals surface area contributed by atoms with E-state index in [1.807, 2.05) is 0 Å². The maximum atomic E-state index is 13.0. The first-order valence-corrected chi connectivity index (χ1v) is 11.6. The second-order valence-corrected chi connectivity index (χ2v) is 10.0. The highest BCUT2D eigenvalue weighted by Gasteiger charge is 2.32. The van der Waals surface area contributed by atoms with Gasteiger partial charge in [-0.2, -0.15) is 9.40 Å². The summed E-state index contributed by atoms with van der Waals surface area (Å²) in [6.07, 6.45) is 7.18. The Morgan fingerprint density at radius 3 is 2.37 bits per heavy atom. The number of carbonyl (C=O) groups is 1. The van der Waals surface area contributed by atoms with Crippen molar-refractivity contribution in [3.63, 3.8) is 0 Å². The molecule has 3 rings (SSSR count). The van der Waals surface area contributed by atoms with E-state index in [2.05, 4.69) is 17.3 Å². The fraction of sp³-hybridized carbons (Fsp3) is 0.789. The number of piperidine rings is 1. The van der Waals surface area contributed by atoms with Crippen LogP contribution in [0.4, 0.5) is 0 Å². The minimum atomic E-state index is -3.55. The molecule has 1 amide bonds. The number of hydrogen-bond acceptors (Lipinski definition) is 4. The van der Waals surface area contributed by atoms with Crippen molar-refractivity contribution in [2.24, 2.45) is 5.92 Å². The molecule has 1 aliphatic heterocycles. The molecule has 1 aliphatic carbocycles. The lowest BCUT2D eigenvalue weighted by atomic mass is 9.87. The number of rotatable bonds is 5. The van der Waals surface area contributed by atoms with E-state index in [0.29, 0.717) is 24.5 Å². The van der Waals surface area contributed by atoms with Crippen molar-refractivity contribution in [2.45, 2.75) is 83.2 Å². The molecule has 0 radical (unpaired) electrons. The number of nitrogens with zero attached hydrogens (tertiary/aromatic N) is 3. The molecule has 1 N–H and O–H groups in total. The van der Waals surface area contributed by atoms with Gasteiger partial charge in [0.1, 0.15) is 11.4 Å². The lowest BCUT2D eigenvalue weighted by Crippen LogP contribution is -2.39. The van der Waals surface area contributed by atoms with Gasteiger partial charge < -0.3 is 5.32 Å². The summed E-state index contributed by atoms with van der Waals surface area (Å²) in [7, 11) is -3.55. The molecule has 1 saturated heterocycles. The van der Waals surface area contributed by atoms with Crippen LogP contribution in [0.1, 0.15) is 63.3 Å². The van der Waals surface area contributed by atoms with E-state index >= 15 is 0 Å². The highest BCUT2D eigenvalue weighted by Crippen LogP contribution is 2.26. The second kappa shape index (κ2) is 8.31. The van der Waals surface area contributed by atoms with Crippen LogP contribution in [0.25, 0.3) is 0 Å². The molecule has 0 unspecified atom stereocenters. The average Bonchev–Trinajstić information content (AvgIpc) is 2.91. The molecule has 0 spiro atoms. The lowest BCUT2D eigenvalue weighted by Gasteiger charge is -2.27. The summed E-state index contributed by atoms with van der Waals surface area (Å²) in [5, 5.41) is 7.45. The van der Waals surface area contributed by atoms with Gasteiger partial charge in [0.15, 0.2) is 0 Å². The Hall–Kier alpha value is -1.41. The minimum absolute atomic E-state index is 0.0637. The van der Waals surface area contributed by atoms with E-state index in [0.717, 1.165) is 50.9 Å². The summed E-state index contributed by atoms with van der Waals surface area (Å²) in [6.45, 7) is 6.89. The van der Waals surface area contributed by atoms with Gasteiger partial charge in [-0.25, -0.2) is 8.42 Å². The molecule has 2 fully saturated rings. The molecule has 0 aromatic carbocycles. The van der Waals surface area contributed by atoms with Crippen LogP contribution in [0.3, 0.4) is 0 Å². The van der Waals surface area contributed by atoms with E-state index in [1.54, 1.807) is 18.2 Å². The van der Waals surface area contributed by atoms with Crippen molar-refractivity contribution >= 4 is 15.9 Å². The standard InChI is InChI=1S/C19H32N4O3S/c1-14-7-9-17(10-8-14)20-18(24)13-23-16(3)19(15(2)21-23)27(25,26)22-11-5-4-6-12-22/h14,17H,4-13H2,1-3H3,(H,20,24). The Morgan fingerprint density at radius 2 is 1.74 bits per heavy atom. The first-order valence-electron chi connectivity index (χ1n) is 10.1. The molecule has 0 bridgehead atoms. The second-order valence-electron chi connectivity index (χ2n) is 8.15. The summed E-state index contributed by atoms with van der Waals surface area (Å²) in [5.74, 6) is 0.638. The van der Waals surface area contributed by atoms with Crippen LogP contribution in [-0.4, -0.2) is 47.5 Å². The first kappa shape index (κ1) is 20.3. The Balaban J connectivity index is 1.70. The minimum Gasteiger partial charge on any atom is -0.352 e. The smallest absolute Gasteiger partial charge is 0.246 e. The predicted octanol–water partition coefficient (Wildman–Crippen LogP) is 2.37. The highest BCUT2D eigenvalue weighted by atomic mass is 32.2. The Bertz CT molecular complexity index is 773. The molecule has 152 valence electrons. The number of aryl methyl sites for hydroxylation is 1. The van der Waals surface area contributed by atoms with Crippen LogP contribution in [0.2, 0.25) is 0 Å². The SMILES string of the molecule is Cc1nn(CC(=O)NC2CCC(C)CC2)c(C)c1S(=O)(=O)N1CCCCC1. The summed E-state index contributed by atoms with van der Waals surface area (Å²) in [6, 6.07) is 0.224. The Kier molecular flexibility index (Phi) is 6.25. The number of hydrogen-bond donors (Lipinski definition) is 1. The van der Waals surface area contributed by atoms with Gasteiger partial charge in [0.2, 0.25) is 15.9 Å². The molecule has 0 atom stereocenters. The number of nitrogens with one attached hydrogen (secondary N) is 1. The first-order chi connectivity index (χ1) is 12.8. The van der Waals surface area contributed by atoms with Crippen LogP contribution < -0.4 is 5.32 Å². The monoisotopic (exact) mass is 396 g/mol. The summed E-state index contributed by atoms with van der Waals surface area (Å²) in [4.78, 5) is 12.7. The molecular formula is C19H32N4O3S. The number of carbonyl (C=O) groups excluding carboxylic acids is 1. The van der Waals surface area contributed by atoms with E-state index in [-0.39, 0.29) is 23.4 Å². The van der Waals surface area contributed by atoms with E-state index in [4.69, 9.17) is 0 Å². The van der Waals surface area contributed by atoms with Crippen LogP contribution >= 0.6 is 0 Å². The molecular weight excluding hydrogens is 364 g/mol. The zero-order valence-corrected chi connectivity index (χ0v) is 17.5. The molecule has 2 aliphatic rings. The van der Waals surface area contributed by atoms with Crippen molar-refractivity contribution in [1.82, 2.24) is 19.4 Å². The topological polar surface area (TPSA) is 84.3 Å². The summed E-state index contributed by atoms with van der Waals surface area (Å²) < 4.78 is 29.2. The summed E-state index contributed by atoms with van der Waals surface area (Å²) in [5.41, 5.74) is 1.02. The number of aromatic nitrogens is 2. The quantitative estimate of drug-likeness (QED) is 0.828. The maximum Gasteiger partial charge on any atom is 0.246 e. The zero-order chi connectivity index (χ0) is 19.6. The number of amides is 1. The van der Waals surface area contributed by atoms with Crippen molar-refractivity contribution in [3.8, 4) is 0 Å². The fourth-order valence-electron chi connectivity index (χ4n) is 4.26. The average molecular weight is 397 g/mol. The molecule has 1 saturated carbocycles. The molecule has 1 aromatic heterocycles. The van der Waals surface area contributed by atoms with Crippen LogP contribution in [0, 0.1) is 19.8 Å². The summed E-state index contributed by atoms with van der Waals surface area (Å²) >= 11 is 0. The van der Waals surface area contributed by atoms with Crippen LogP contribution in [-0.2, 0) is 21.4 Å². The van der Waals surface area contributed by atoms with Gasteiger partial charge in [-0.1, -0.05) is 13.3 Å². The fourth-order valence-corrected chi connectivity index (χ4v) is 6.15. The van der Waals surface area contributed by atoms with E-state index in [9.17, 15) is 13.2 Å². The Morgan fingerprint density at radius 1 is 1.11 bits per heavy atom. The lowest BCUT2D eigenvalue weighted by molar-refractivity contribution is -0.122. The van der Waals surface area contributed by atoms with Gasteiger partial charge >= 0.3 is 0 Å². The Labute approximate surface area is 162 Å². The third-order valence-electron chi connectivity index (χ3n) is 5.90. The van der Waals surface area contributed by atoms with Gasteiger partial charge in [0.25, 0.3) is 0 Å². The highest BCUT2D eigenvalue weighted by molar-refractivity contribution is 7.89. The van der Waals surface area contributed by atoms with Crippen molar-refractivity contribution < 1.29 is 13.2 Å². The van der Waals surface area contributed by atoms with Gasteiger partial charge in [-0.15, -0.1) is 0 Å². The zero-order valence-electron chi connectivity index (χ0n) is 16.7. The molecule has 1 aromatic rings. The van der Waals surface area contributed by atoms with E-state index < -0.39 is 10.0 Å². The largest absolute Gasteiger partial charge is 0.352 e. The van der Waals surface area contributed by atoms with Gasteiger partial charge in [-0.05, 0) is 58.3 Å². The van der Waals surface area contributed by atoms with Crippen molar-refractivity contribution in [2.75, 3.05) is 13.1 Å². The molecule has 27 heavy (non-hydrogen) atoms. The van der Waals surface area contributed by atoms with Gasteiger partial charge in [0, 0.05) is 19.1 Å². The third-order valence-corrected chi connectivity index (χ3v) is 8.05.